The van der Waals surface area contributed by atoms with Crippen LogP contribution in [0.25, 0.3) is 0 Å². The molecule has 2 heterocycles. The van der Waals surface area contributed by atoms with Gasteiger partial charge in [0.1, 0.15) is 5.82 Å². The number of nitrogens with one attached hydrogen (secondary N) is 1. The predicted octanol–water partition coefficient (Wildman–Crippen LogP) is 2.70. The summed E-state index contributed by atoms with van der Waals surface area (Å²) in [5.41, 5.74) is 5.90. The zero-order valence-electron chi connectivity index (χ0n) is 15.0. The highest BCUT2D eigenvalue weighted by molar-refractivity contribution is 9.10. The zero-order chi connectivity index (χ0) is 20.1. The van der Waals surface area contributed by atoms with E-state index in [4.69, 9.17) is 10.5 Å². The average Bonchev–Trinajstić information content (AvgIpc) is 2.68. The van der Waals surface area contributed by atoms with Gasteiger partial charge in [-0.15, -0.1) is 0 Å². The van der Waals surface area contributed by atoms with Crippen LogP contribution >= 0.6 is 15.9 Å². The van der Waals surface area contributed by atoms with Crippen molar-refractivity contribution in [2.75, 3.05) is 29.9 Å². The highest BCUT2D eigenvalue weighted by atomic mass is 79.9. The lowest BCUT2D eigenvalue weighted by Gasteiger charge is -2.32. The minimum Gasteiger partial charge on any atom is -0.481 e. The number of nitrogens with two attached hydrogens (primary N) is 1. The van der Waals surface area contributed by atoms with E-state index in [1.54, 1.807) is 18.2 Å². The van der Waals surface area contributed by atoms with Crippen LogP contribution in [-0.4, -0.2) is 36.5 Å². The first-order chi connectivity index (χ1) is 13.4. The van der Waals surface area contributed by atoms with Crippen molar-refractivity contribution in [3.8, 4) is 5.75 Å². The van der Waals surface area contributed by atoms with Gasteiger partial charge in [0.25, 0.3) is 5.91 Å². The van der Waals surface area contributed by atoms with E-state index in [9.17, 15) is 14.0 Å². The monoisotopic (exact) mass is 450 g/mol. The molecule has 1 aliphatic rings. The van der Waals surface area contributed by atoms with Gasteiger partial charge in [-0.05, 0) is 43.2 Å². The van der Waals surface area contributed by atoms with E-state index in [1.165, 1.54) is 18.3 Å². The van der Waals surface area contributed by atoms with Crippen molar-refractivity contribution in [3.05, 3.63) is 46.8 Å². The second-order valence-electron chi connectivity index (χ2n) is 6.50. The number of amides is 2. The Kier molecular flexibility index (Phi) is 6.45. The van der Waals surface area contributed by atoms with Gasteiger partial charge in [-0.3, -0.25) is 9.59 Å². The van der Waals surface area contributed by atoms with Gasteiger partial charge in [-0.25, -0.2) is 9.37 Å². The lowest BCUT2D eigenvalue weighted by Crippen LogP contribution is -2.41. The number of hydrogen-bond acceptors (Lipinski definition) is 5. The number of rotatable bonds is 6. The summed E-state index contributed by atoms with van der Waals surface area (Å²) < 4.78 is 19.5. The first kappa shape index (κ1) is 20.1. The maximum Gasteiger partial charge on any atom is 0.262 e. The van der Waals surface area contributed by atoms with Crippen LogP contribution in [0.15, 0.2) is 41.0 Å². The number of anilines is 2. The SMILES string of the molecule is NC(=O)C1CCCN(c2ccc(NC(=O)COc3ccc(Br)cc3F)cn2)C1. The number of pyridine rings is 1. The fraction of sp³-hybridized carbons (Fsp3) is 0.316. The Morgan fingerprint density at radius 1 is 1.36 bits per heavy atom. The number of benzene rings is 1. The number of ether oxygens (including phenoxy) is 1. The van der Waals surface area contributed by atoms with Gasteiger partial charge in [-0.2, -0.15) is 0 Å². The molecule has 1 aromatic heterocycles. The maximum absolute atomic E-state index is 13.7. The van der Waals surface area contributed by atoms with Gasteiger partial charge in [0.15, 0.2) is 18.2 Å². The average molecular weight is 451 g/mol. The number of aromatic nitrogens is 1. The Morgan fingerprint density at radius 3 is 2.86 bits per heavy atom. The first-order valence-corrected chi connectivity index (χ1v) is 9.59. The van der Waals surface area contributed by atoms with Crippen LogP contribution in [0.5, 0.6) is 5.75 Å². The van der Waals surface area contributed by atoms with Crippen molar-refractivity contribution in [2.24, 2.45) is 11.7 Å². The number of halogens is 2. The van der Waals surface area contributed by atoms with E-state index in [0.717, 1.165) is 25.2 Å². The van der Waals surface area contributed by atoms with Crippen LogP contribution in [0.3, 0.4) is 0 Å². The molecule has 7 nitrogen and oxygen atoms in total. The van der Waals surface area contributed by atoms with E-state index >= 15 is 0 Å². The van der Waals surface area contributed by atoms with Crippen molar-refractivity contribution in [1.82, 2.24) is 4.98 Å². The first-order valence-electron chi connectivity index (χ1n) is 8.80. The fourth-order valence-electron chi connectivity index (χ4n) is 3.00. The fourth-order valence-corrected chi connectivity index (χ4v) is 3.33. The molecule has 0 spiro atoms. The van der Waals surface area contributed by atoms with Crippen molar-refractivity contribution in [3.63, 3.8) is 0 Å². The minimum absolute atomic E-state index is 0.000858. The topological polar surface area (TPSA) is 97.6 Å². The summed E-state index contributed by atoms with van der Waals surface area (Å²) in [6.07, 6.45) is 3.19. The highest BCUT2D eigenvalue weighted by Gasteiger charge is 2.24. The summed E-state index contributed by atoms with van der Waals surface area (Å²) in [5.74, 6) is -0.729. The molecule has 1 fully saturated rings. The largest absolute Gasteiger partial charge is 0.481 e. The van der Waals surface area contributed by atoms with Crippen LogP contribution < -0.4 is 20.7 Å². The van der Waals surface area contributed by atoms with Crippen LogP contribution in [0.2, 0.25) is 0 Å². The van der Waals surface area contributed by atoms with E-state index in [1.807, 2.05) is 4.90 Å². The van der Waals surface area contributed by atoms with Gasteiger partial charge in [0.2, 0.25) is 5.91 Å². The van der Waals surface area contributed by atoms with Crippen molar-refractivity contribution < 1.29 is 18.7 Å². The molecular formula is C19H20BrFN4O3. The molecule has 9 heteroatoms. The molecule has 0 radical (unpaired) electrons. The van der Waals surface area contributed by atoms with Crippen LogP contribution in [0, 0.1) is 11.7 Å². The molecule has 2 amide bonds. The summed E-state index contributed by atoms with van der Waals surface area (Å²) in [4.78, 5) is 29.8. The summed E-state index contributed by atoms with van der Waals surface area (Å²) >= 11 is 3.16. The standard InChI is InChI=1S/C19H20BrFN4O3/c20-13-3-5-16(15(21)8-13)28-11-18(26)24-14-4-6-17(23-9-14)25-7-1-2-12(10-25)19(22)27/h3-6,8-9,12H,1-2,7,10-11H2,(H2,22,27)(H,24,26). The lowest BCUT2D eigenvalue weighted by atomic mass is 9.97. The summed E-state index contributed by atoms with van der Waals surface area (Å²) in [5, 5.41) is 2.65. The molecule has 1 saturated heterocycles. The number of nitrogens with zero attached hydrogens (tertiary/aromatic N) is 2. The van der Waals surface area contributed by atoms with Gasteiger partial charge in [0, 0.05) is 17.6 Å². The van der Waals surface area contributed by atoms with Crippen LogP contribution in [0.1, 0.15) is 12.8 Å². The van der Waals surface area contributed by atoms with Crippen molar-refractivity contribution in [1.29, 1.82) is 0 Å². The third-order valence-electron chi connectivity index (χ3n) is 4.43. The summed E-state index contributed by atoms with van der Waals surface area (Å²) in [6, 6.07) is 7.82. The Hall–Kier alpha value is -2.68. The quantitative estimate of drug-likeness (QED) is 0.704. The van der Waals surface area contributed by atoms with Gasteiger partial charge in [0.05, 0.1) is 17.8 Å². The molecule has 148 valence electrons. The zero-order valence-corrected chi connectivity index (χ0v) is 16.6. The molecular weight excluding hydrogens is 431 g/mol. The van der Waals surface area contributed by atoms with E-state index in [0.29, 0.717) is 16.7 Å². The molecule has 1 unspecified atom stereocenters. The third kappa shape index (κ3) is 5.19. The third-order valence-corrected chi connectivity index (χ3v) is 4.93. The molecule has 1 aliphatic heterocycles. The molecule has 0 aliphatic carbocycles. The Morgan fingerprint density at radius 2 is 2.18 bits per heavy atom. The van der Waals surface area contributed by atoms with E-state index in [2.05, 4.69) is 26.2 Å². The normalized spacial score (nSPS) is 16.5. The number of piperidine rings is 1. The molecule has 3 rings (SSSR count). The minimum atomic E-state index is -0.552. The number of carbonyl (C=O) groups is 2. The van der Waals surface area contributed by atoms with Crippen molar-refractivity contribution >= 4 is 39.2 Å². The molecule has 3 N–H and O–H groups in total. The second-order valence-corrected chi connectivity index (χ2v) is 7.42. The lowest BCUT2D eigenvalue weighted by molar-refractivity contribution is -0.122. The summed E-state index contributed by atoms with van der Waals surface area (Å²) in [7, 11) is 0. The van der Waals surface area contributed by atoms with Gasteiger partial charge in [-0.1, -0.05) is 15.9 Å². The molecule has 2 aromatic rings. The van der Waals surface area contributed by atoms with Crippen LogP contribution in [-0.2, 0) is 9.59 Å². The Labute approximate surface area is 170 Å². The smallest absolute Gasteiger partial charge is 0.262 e. The molecule has 1 atom stereocenters. The summed E-state index contributed by atoms with van der Waals surface area (Å²) in [6.45, 7) is 1.02. The van der Waals surface area contributed by atoms with Gasteiger partial charge < -0.3 is 20.7 Å². The molecule has 0 saturated carbocycles. The number of primary amides is 1. The van der Waals surface area contributed by atoms with Crippen molar-refractivity contribution in [2.45, 2.75) is 12.8 Å². The maximum atomic E-state index is 13.7. The molecule has 1 aromatic carbocycles. The van der Waals surface area contributed by atoms with E-state index < -0.39 is 11.7 Å². The predicted molar refractivity (Wildman–Crippen MR) is 107 cm³/mol. The number of hydrogen-bond donors (Lipinski definition) is 2. The number of carbonyl (C=O) groups excluding carboxylic acids is 2. The second kappa shape index (κ2) is 9.01. The molecule has 28 heavy (non-hydrogen) atoms. The highest BCUT2D eigenvalue weighted by Crippen LogP contribution is 2.23. The Bertz CT molecular complexity index is 863. The molecule has 0 bridgehead atoms. The Balaban J connectivity index is 1.53. The van der Waals surface area contributed by atoms with Crippen LogP contribution in [0.4, 0.5) is 15.9 Å². The van der Waals surface area contributed by atoms with E-state index in [-0.39, 0.29) is 24.2 Å². The van der Waals surface area contributed by atoms with Gasteiger partial charge >= 0.3 is 0 Å².